The Hall–Kier alpha value is -2.60. The van der Waals surface area contributed by atoms with E-state index >= 15 is 0 Å². The highest BCUT2D eigenvalue weighted by Crippen LogP contribution is 2.39. The highest BCUT2D eigenvalue weighted by Gasteiger charge is 2.52. The van der Waals surface area contributed by atoms with Gasteiger partial charge in [0.2, 0.25) is 0 Å². The molecule has 0 radical (unpaired) electrons. The number of rotatable bonds is 5. The summed E-state index contributed by atoms with van der Waals surface area (Å²) in [6.45, 7) is 19.1. The molecule has 13 heteroatoms. The van der Waals surface area contributed by atoms with Crippen LogP contribution in [0.25, 0.3) is 0 Å². The minimum atomic E-state index is -1.05. The fraction of sp³-hybridized carbons (Fsp3) is 0.552. The number of carbonyl (C=O) groups is 2. The van der Waals surface area contributed by atoms with Crippen molar-refractivity contribution < 1.29 is 37.5 Å². The Morgan fingerprint density at radius 3 is 1.95 bits per heavy atom. The molecule has 0 saturated carbocycles. The lowest BCUT2D eigenvalue weighted by Crippen LogP contribution is -2.45. The van der Waals surface area contributed by atoms with Crippen molar-refractivity contribution in [1.82, 2.24) is 4.98 Å². The van der Waals surface area contributed by atoms with Crippen molar-refractivity contribution in [1.29, 1.82) is 0 Å². The second-order valence-corrected chi connectivity index (χ2v) is 13.8. The minimum Gasteiger partial charge on any atom is -0.482 e. The van der Waals surface area contributed by atoms with Crippen LogP contribution in [0.4, 0.5) is 19.8 Å². The zero-order valence-electron chi connectivity index (χ0n) is 25.9. The first-order valence-electron chi connectivity index (χ1n) is 13.4. The van der Waals surface area contributed by atoms with Gasteiger partial charge in [0.25, 0.3) is 0 Å². The fourth-order valence-corrected chi connectivity index (χ4v) is 4.52. The van der Waals surface area contributed by atoms with Crippen molar-refractivity contribution in [2.45, 2.75) is 105 Å². The molecule has 0 aliphatic carbocycles. The lowest BCUT2D eigenvalue weighted by molar-refractivity contribution is 0.00578. The molecule has 1 fully saturated rings. The first-order chi connectivity index (χ1) is 19.0. The molecule has 230 valence electrons. The molecule has 1 aliphatic heterocycles. The van der Waals surface area contributed by atoms with Gasteiger partial charge >= 0.3 is 19.3 Å². The van der Waals surface area contributed by atoms with Crippen molar-refractivity contribution in [3.63, 3.8) is 0 Å². The Morgan fingerprint density at radius 2 is 1.48 bits per heavy atom. The summed E-state index contributed by atoms with van der Waals surface area (Å²) in [7, 11) is -0.855. The molecule has 2 aromatic rings. The number of benzene rings is 1. The number of nitrogens with zero attached hydrogens (tertiary/aromatic N) is 2. The maximum Gasteiger partial charge on any atom is 0.496 e. The Bertz CT molecular complexity index is 1310. The first kappa shape index (κ1) is 33.9. The molecule has 0 N–H and O–H groups in total. The second kappa shape index (κ2) is 11.8. The number of hydrogen-bond acceptors (Lipinski definition) is 8. The summed E-state index contributed by atoms with van der Waals surface area (Å²) in [5, 5.41) is -0.0792. The standard InChI is InChI=1S/C29H38BCl2FN2O7/c1-16(21-18(31)12-13-19(33)22(21)32)38-20-14-17(30-41-28(8,9)29(10,11)42-30)15-34-23(20)35(24(36)39-26(2,3)4)25(37)40-27(5,6)7/h12-16H,1-11H3. The van der Waals surface area contributed by atoms with Gasteiger partial charge in [0, 0.05) is 22.2 Å². The van der Waals surface area contributed by atoms with E-state index < -0.39 is 53.6 Å². The van der Waals surface area contributed by atoms with Crippen LogP contribution in [0, 0.1) is 5.82 Å². The third-order valence-electron chi connectivity index (χ3n) is 6.53. The number of halogens is 3. The summed E-state index contributed by atoms with van der Waals surface area (Å²) in [6.07, 6.45) is -1.66. The van der Waals surface area contributed by atoms with E-state index in [1.807, 2.05) is 27.7 Å². The van der Waals surface area contributed by atoms with Crippen LogP contribution in [0.5, 0.6) is 5.75 Å². The normalized spacial score (nSPS) is 17.0. The predicted octanol–water partition coefficient (Wildman–Crippen LogP) is 7.64. The molecule has 9 nitrogen and oxygen atoms in total. The van der Waals surface area contributed by atoms with Crippen molar-refractivity contribution in [2.75, 3.05) is 4.90 Å². The van der Waals surface area contributed by atoms with Crippen molar-refractivity contribution >= 4 is 53.8 Å². The van der Waals surface area contributed by atoms with Crippen LogP contribution in [0.3, 0.4) is 0 Å². The minimum absolute atomic E-state index is 0.0668. The number of ether oxygens (including phenoxy) is 3. The number of aromatic nitrogens is 1. The predicted molar refractivity (Wildman–Crippen MR) is 160 cm³/mol. The molecule has 1 atom stereocenters. The van der Waals surface area contributed by atoms with Gasteiger partial charge in [-0.3, -0.25) is 0 Å². The maximum absolute atomic E-state index is 14.4. The molecule has 42 heavy (non-hydrogen) atoms. The van der Waals surface area contributed by atoms with Gasteiger partial charge < -0.3 is 23.5 Å². The Balaban J connectivity index is 2.19. The van der Waals surface area contributed by atoms with E-state index in [4.69, 9.17) is 46.7 Å². The summed E-state index contributed by atoms with van der Waals surface area (Å²) >= 11 is 12.6. The van der Waals surface area contributed by atoms with Crippen LogP contribution in [0.2, 0.25) is 10.0 Å². The van der Waals surface area contributed by atoms with Crippen LogP contribution < -0.4 is 15.1 Å². The molecule has 0 bridgehead atoms. The zero-order chi connectivity index (χ0) is 32.0. The number of pyridine rings is 1. The highest BCUT2D eigenvalue weighted by atomic mass is 35.5. The molecule has 2 amide bonds. The van der Waals surface area contributed by atoms with Gasteiger partial charge in [-0.05, 0) is 94.4 Å². The molecule has 1 saturated heterocycles. The monoisotopic (exact) mass is 626 g/mol. The summed E-state index contributed by atoms with van der Waals surface area (Å²) < 4.78 is 44.0. The summed E-state index contributed by atoms with van der Waals surface area (Å²) in [6, 6.07) is 4.01. The van der Waals surface area contributed by atoms with Crippen LogP contribution in [0.1, 0.15) is 87.8 Å². The maximum atomic E-state index is 14.4. The SMILES string of the molecule is CC(Oc1cc(B2OC(C)(C)C(C)(C)O2)cnc1N(C(=O)OC(C)(C)C)C(=O)OC(C)(C)C)c1c(Cl)ccc(F)c1Cl. The second-order valence-electron chi connectivity index (χ2n) is 13.0. The summed E-state index contributed by atoms with van der Waals surface area (Å²) in [5.74, 6) is -1.00. The van der Waals surface area contributed by atoms with E-state index in [0.29, 0.717) is 10.4 Å². The van der Waals surface area contributed by atoms with Crippen LogP contribution in [-0.4, -0.2) is 46.7 Å². The van der Waals surface area contributed by atoms with Gasteiger partial charge in [0.15, 0.2) is 11.6 Å². The Morgan fingerprint density at radius 1 is 0.976 bits per heavy atom. The van der Waals surface area contributed by atoms with Gasteiger partial charge in [0.1, 0.15) is 23.1 Å². The molecule has 2 heterocycles. The van der Waals surface area contributed by atoms with Crippen LogP contribution >= 0.6 is 23.2 Å². The van der Waals surface area contributed by atoms with Gasteiger partial charge in [-0.15, -0.1) is 0 Å². The molecular weight excluding hydrogens is 589 g/mol. The van der Waals surface area contributed by atoms with Crippen molar-refractivity contribution in [2.24, 2.45) is 0 Å². The largest absolute Gasteiger partial charge is 0.496 e. The van der Waals surface area contributed by atoms with E-state index in [-0.39, 0.29) is 27.2 Å². The van der Waals surface area contributed by atoms with E-state index in [0.717, 1.165) is 6.07 Å². The molecule has 1 aromatic heterocycles. The number of anilines is 1. The van der Waals surface area contributed by atoms with Crippen molar-refractivity contribution in [3.05, 3.63) is 45.8 Å². The number of amides is 2. The molecule has 1 aromatic carbocycles. The number of imide groups is 1. The average molecular weight is 627 g/mol. The number of hydrogen-bond donors (Lipinski definition) is 0. The molecular formula is C29H38BCl2FN2O7. The average Bonchev–Trinajstić information content (AvgIpc) is 3.02. The summed E-state index contributed by atoms with van der Waals surface area (Å²) in [4.78, 5) is 31.9. The van der Waals surface area contributed by atoms with Crippen molar-refractivity contribution in [3.8, 4) is 5.75 Å². The van der Waals surface area contributed by atoms with E-state index in [1.165, 1.54) is 18.3 Å². The van der Waals surface area contributed by atoms with Crippen LogP contribution in [0.15, 0.2) is 24.4 Å². The third kappa shape index (κ3) is 7.67. The van der Waals surface area contributed by atoms with E-state index in [1.54, 1.807) is 48.5 Å². The zero-order valence-corrected chi connectivity index (χ0v) is 27.4. The van der Waals surface area contributed by atoms with Crippen LogP contribution in [-0.2, 0) is 18.8 Å². The first-order valence-corrected chi connectivity index (χ1v) is 14.2. The van der Waals surface area contributed by atoms with Gasteiger partial charge in [-0.2, -0.15) is 4.90 Å². The molecule has 3 rings (SSSR count). The lowest BCUT2D eigenvalue weighted by Gasteiger charge is -2.32. The van der Waals surface area contributed by atoms with E-state index in [9.17, 15) is 14.0 Å². The van der Waals surface area contributed by atoms with Gasteiger partial charge in [0.05, 0.1) is 16.2 Å². The molecule has 1 unspecified atom stereocenters. The Labute approximate surface area is 257 Å². The third-order valence-corrected chi connectivity index (χ3v) is 7.25. The number of carbonyl (C=O) groups excluding carboxylic acids is 2. The fourth-order valence-electron chi connectivity index (χ4n) is 3.84. The van der Waals surface area contributed by atoms with E-state index in [2.05, 4.69) is 4.98 Å². The van der Waals surface area contributed by atoms with Gasteiger partial charge in [-0.1, -0.05) is 23.2 Å². The molecule has 0 spiro atoms. The smallest absolute Gasteiger partial charge is 0.482 e. The quantitative estimate of drug-likeness (QED) is 0.247. The topological polar surface area (TPSA) is 96.4 Å². The Kier molecular flexibility index (Phi) is 9.55. The lowest BCUT2D eigenvalue weighted by atomic mass is 9.80. The summed E-state index contributed by atoms with van der Waals surface area (Å²) in [5.41, 5.74) is -2.65. The highest BCUT2D eigenvalue weighted by molar-refractivity contribution is 6.62. The van der Waals surface area contributed by atoms with Gasteiger partial charge in [-0.25, -0.2) is 19.0 Å². The molecule has 1 aliphatic rings.